The largest absolute Gasteiger partial charge is 0.459 e. The van der Waals surface area contributed by atoms with Gasteiger partial charge in [0.05, 0.1) is 30.1 Å². The van der Waals surface area contributed by atoms with Crippen molar-refractivity contribution in [2.24, 2.45) is 0 Å². The first kappa shape index (κ1) is 23.8. The molecule has 4 aromatic carbocycles. The van der Waals surface area contributed by atoms with Crippen LogP contribution in [0.3, 0.4) is 0 Å². The maximum absolute atomic E-state index is 12.5. The van der Waals surface area contributed by atoms with Crippen molar-refractivity contribution in [1.82, 2.24) is 9.55 Å². The number of ether oxygens (including phenoxy) is 1. The molecular formula is C32H25N3O2. The van der Waals surface area contributed by atoms with Crippen LogP contribution in [0.2, 0.25) is 0 Å². The lowest BCUT2D eigenvalue weighted by atomic mass is 9.77. The van der Waals surface area contributed by atoms with Crippen molar-refractivity contribution in [2.45, 2.75) is 18.6 Å². The van der Waals surface area contributed by atoms with Crippen molar-refractivity contribution in [3.05, 3.63) is 161 Å². The van der Waals surface area contributed by atoms with Crippen LogP contribution in [-0.2, 0) is 28.1 Å². The summed E-state index contributed by atoms with van der Waals surface area (Å²) in [7, 11) is 0. The van der Waals surface area contributed by atoms with Crippen LogP contribution in [-0.4, -0.2) is 15.5 Å². The van der Waals surface area contributed by atoms with E-state index in [0.29, 0.717) is 11.3 Å². The van der Waals surface area contributed by atoms with E-state index < -0.39 is 5.54 Å². The summed E-state index contributed by atoms with van der Waals surface area (Å²) in [5.41, 5.74) is 4.62. The lowest BCUT2D eigenvalue weighted by molar-refractivity contribution is -0.144. The molecule has 0 atom stereocenters. The van der Waals surface area contributed by atoms with E-state index in [0.717, 1.165) is 22.3 Å². The van der Waals surface area contributed by atoms with Crippen LogP contribution in [0, 0.1) is 11.3 Å². The number of carbonyl (C=O) groups excluding carboxylic acids is 1. The number of aromatic nitrogens is 2. The number of nitriles is 1. The smallest absolute Gasteiger partial charge is 0.310 e. The number of hydrogen-bond acceptors (Lipinski definition) is 4. The molecule has 0 saturated heterocycles. The van der Waals surface area contributed by atoms with Crippen LogP contribution in [0.15, 0.2) is 128 Å². The van der Waals surface area contributed by atoms with Gasteiger partial charge in [-0.3, -0.25) is 4.79 Å². The topological polar surface area (TPSA) is 67.9 Å². The summed E-state index contributed by atoms with van der Waals surface area (Å²) in [6.45, 7) is 0.0660. The maximum atomic E-state index is 12.5. The quantitative estimate of drug-likeness (QED) is 0.204. The SMILES string of the molecule is N#Cc1ccc(CC(=O)OCc2cn(C(c3ccccc3)(c3ccccc3)c3ccccc3)cn2)cc1. The molecule has 0 unspecified atom stereocenters. The number of imidazole rings is 1. The average Bonchev–Trinajstić information content (AvgIpc) is 3.44. The summed E-state index contributed by atoms with van der Waals surface area (Å²) in [5, 5.41) is 8.95. The standard InChI is InChI=1S/C32H25N3O2/c33-21-26-18-16-25(17-19-26)20-31(36)37-23-30-22-35(24-34-30)32(27-10-4-1-5-11-27,28-12-6-2-7-13-28)29-14-8-3-9-15-29/h1-19,22,24H,20,23H2. The third-order valence-electron chi connectivity index (χ3n) is 6.41. The molecule has 0 radical (unpaired) electrons. The summed E-state index contributed by atoms with van der Waals surface area (Å²) in [4.78, 5) is 17.1. The Morgan fingerprint density at radius 3 is 1.78 bits per heavy atom. The number of hydrogen-bond donors (Lipinski definition) is 0. The highest BCUT2D eigenvalue weighted by Gasteiger charge is 2.38. The minimum absolute atomic E-state index is 0.0660. The summed E-state index contributed by atoms with van der Waals surface area (Å²) in [5.74, 6) is -0.348. The Balaban J connectivity index is 1.47. The van der Waals surface area contributed by atoms with E-state index in [4.69, 9.17) is 10.00 Å². The van der Waals surface area contributed by atoms with Gasteiger partial charge in [0.2, 0.25) is 0 Å². The monoisotopic (exact) mass is 483 g/mol. The first-order valence-corrected chi connectivity index (χ1v) is 12.0. The predicted molar refractivity (Wildman–Crippen MR) is 141 cm³/mol. The zero-order valence-corrected chi connectivity index (χ0v) is 20.2. The van der Waals surface area contributed by atoms with Gasteiger partial charge in [0.15, 0.2) is 0 Å². The highest BCUT2D eigenvalue weighted by atomic mass is 16.5. The molecule has 37 heavy (non-hydrogen) atoms. The van der Waals surface area contributed by atoms with Crippen molar-refractivity contribution in [3.63, 3.8) is 0 Å². The molecule has 0 aliphatic carbocycles. The molecule has 0 amide bonds. The van der Waals surface area contributed by atoms with E-state index in [1.807, 2.05) is 60.8 Å². The van der Waals surface area contributed by atoms with Gasteiger partial charge in [-0.05, 0) is 34.4 Å². The van der Waals surface area contributed by atoms with E-state index in [-0.39, 0.29) is 19.0 Å². The molecule has 1 heterocycles. The molecule has 0 spiro atoms. The van der Waals surface area contributed by atoms with Gasteiger partial charge in [0.1, 0.15) is 12.1 Å². The fourth-order valence-electron chi connectivity index (χ4n) is 4.68. The van der Waals surface area contributed by atoms with Crippen LogP contribution < -0.4 is 0 Å². The van der Waals surface area contributed by atoms with Gasteiger partial charge in [-0.25, -0.2) is 4.98 Å². The van der Waals surface area contributed by atoms with Crippen LogP contribution in [0.5, 0.6) is 0 Å². The molecule has 0 bridgehead atoms. The van der Waals surface area contributed by atoms with Gasteiger partial charge in [-0.15, -0.1) is 0 Å². The van der Waals surface area contributed by atoms with E-state index in [1.54, 1.807) is 30.6 Å². The Morgan fingerprint density at radius 1 is 0.784 bits per heavy atom. The lowest BCUT2D eigenvalue weighted by Gasteiger charge is -2.37. The summed E-state index contributed by atoms with van der Waals surface area (Å²) in [6.07, 6.45) is 3.88. The zero-order chi connectivity index (χ0) is 25.5. The van der Waals surface area contributed by atoms with E-state index in [9.17, 15) is 4.79 Å². The Labute approximate surface area is 216 Å². The van der Waals surface area contributed by atoms with Crippen molar-refractivity contribution in [1.29, 1.82) is 5.26 Å². The lowest BCUT2D eigenvalue weighted by Crippen LogP contribution is -2.36. The number of nitrogens with zero attached hydrogens (tertiary/aromatic N) is 3. The summed E-state index contributed by atoms with van der Waals surface area (Å²) < 4.78 is 7.65. The highest BCUT2D eigenvalue weighted by molar-refractivity contribution is 5.72. The van der Waals surface area contributed by atoms with E-state index in [2.05, 4.69) is 52.0 Å². The third kappa shape index (κ3) is 4.91. The highest BCUT2D eigenvalue weighted by Crippen LogP contribution is 2.40. The Bertz CT molecular complexity index is 1410. The van der Waals surface area contributed by atoms with Gasteiger partial charge in [-0.2, -0.15) is 5.26 Å². The normalized spacial score (nSPS) is 11.0. The molecule has 0 aliphatic heterocycles. The van der Waals surface area contributed by atoms with Crippen LogP contribution in [0.25, 0.3) is 0 Å². The molecule has 5 aromatic rings. The summed E-state index contributed by atoms with van der Waals surface area (Å²) >= 11 is 0. The first-order chi connectivity index (χ1) is 18.2. The van der Waals surface area contributed by atoms with Crippen LogP contribution >= 0.6 is 0 Å². The fraction of sp³-hybridized carbons (Fsp3) is 0.0938. The number of carbonyl (C=O) groups is 1. The second kappa shape index (κ2) is 10.8. The molecule has 5 heteroatoms. The molecule has 180 valence electrons. The van der Waals surface area contributed by atoms with Gasteiger partial charge < -0.3 is 9.30 Å². The molecule has 1 aromatic heterocycles. The van der Waals surface area contributed by atoms with E-state index in [1.165, 1.54) is 0 Å². The molecule has 5 nitrogen and oxygen atoms in total. The van der Waals surface area contributed by atoms with Crippen LogP contribution in [0.4, 0.5) is 0 Å². The number of benzene rings is 4. The Morgan fingerprint density at radius 2 is 1.30 bits per heavy atom. The number of rotatable bonds is 8. The van der Waals surface area contributed by atoms with Crippen LogP contribution in [0.1, 0.15) is 33.5 Å². The Kier molecular flexibility index (Phi) is 6.91. The fourth-order valence-corrected chi connectivity index (χ4v) is 4.68. The second-order valence-corrected chi connectivity index (χ2v) is 8.73. The maximum Gasteiger partial charge on any atom is 0.310 e. The average molecular weight is 484 g/mol. The zero-order valence-electron chi connectivity index (χ0n) is 20.2. The Hall–Kier alpha value is -4.95. The molecule has 0 fully saturated rings. The molecule has 0 aliphatic rings. The minimum atomic E-state index is -0.665. The van der Waals surface area contributed by atoms with Gasteiger partial charge in [-0.1, -0.05) is 103 Å². The second-order valence-electron chi connectivity index (χ2n) is 8.73. The number of esters is 1. The van der Waals surface area contributed by atoms with Gasteiger partial charge >= 0.3 is 5.97 Å². The summed E-state index contributed by atoms with van der Waals surface area (Å²) in [6, 6.07) is 40.0. The van der Waals surface area contributed by atoms with Gasteiger partial charge in [0.25, 0.3) is 0 Å². The van der Waals surface area contributed by atoms with Crippen molar-refractivity contribution < 1.29 is 9.53 Å². The van der Waals surface area contributed by atoms with E-state index >= 15 is 0 Å². The predicted octanol–water partition coefficient (Wildman–Crippen LogP) is 5.88. The molecule has 5 rings (SSSR count). The van der Waals surface area contributed by atoms with Gasteiger partial charge in [0, 0.05) is 6.20 Å². The minimum Gasteiger partial charge on any atom is -0.459 e. The molecular weight excluding hydrogens is 458 g/mol. The van der Waals surface area contributed by atoms with Crippen molar-refractivity contribution >= 4 is 5.97 Å². The molecule has 0 saturated carbocycles. The third-order valence-corrected chi connectivity index (χ3v) is 6.41. The van der Waals surface area contributed by atoms with Crippen molar-refractivity contribution in [2.75, 3.05) is 0 Å². The van der Waals surface area contributed by atoms with Crippen molar-refractivity contribution in [3.8, 4) is 6.07 Å². The molecule has 0 N–H and O–H groups in total. The first-order valence-electron chi connectivity index (χ1n) is 12.0.